The van der Waals surface area contributed by atoms with Crippen molar-refractivity contribution in [1.29, 1.82) is 0 Å². The molecule has 0 N–H and O–H groups in total. The zero-order chi connectivity index (χ0) is 21.3. The number of fused-ring (bicyclic) bond motifs is 3. The van der Waals surface area contributed by atoms with Crippen molar-refractivity contribution >= 4 is 0 Å². The standard InChI is InChI=1S/C31H30/c1-3-19-31(20-4-2)29-21-25(23-11-7-5-8-12-23)15-17-27(29)28-18-16-26(22-30(28)31)24-13-9-6-10-14-24/h5-18,21-22H,3-4,19-20H2,1-2H3. The minimum atomic E-state index is 0.101. The molecule has 154 valence electrons. The van der Waals surface area contributed by atoms with E-state index >= 15 is 0 Å². The van der Waals surface area contributed by atoms with Crippen LogP contribution in [0, 0.1) is 0 Å². The maximum Gasteiger partial charge on any atom is 0.0215 e. The van der Waals surface area contributed by atoms with Gasteiger partial charge in [0.1, 0.15) is 0 Å². The van der Waals surface area contributed by atoms with E-state index in [2.05, 4.69) is 111 Å². The highest BCUT2D eigenvalue weighted by molar-refractivity contribution is 5.86. The largest absolute Gasteiger partial charge is 0.0653 e. The number of rotatable bonds is 6. The first-order valence-electron chi connectivity index (χ1n) is 11.7. The van der Waals surface area contributed by atoms with Crippen LogP contribution < -0.4 is 0 Å². The fourth-order valence-corrected chi connectivity index (χ4v) is 5.63. The molecule has 0 bridgehead atoms. The van der Waals surface area contributed by atoms with Crippen molar-refractivity contribution in [2.75, 3.05) is 0 Å². The molecule has 31 heavy (non-hydrogen) atoms. The molecule has 0 aliphatic heterocycles. The van der Waals surface area contributed by atoms with Crippen molar-refractivity contribution in [3.63, 3.8) is 0 Å². The third-order valence-electron chi connectivity index (χ3n) is 6.93. The summed E-state index contributed by atoms with van der Waals surface area (Å²) < 4.78 is 0. The van der Waals surface area contributed by atoms with Gasteiger partial charge in [-0.3, -0.25) is 0 Å². The van der Waals surface area contributed by atoms with Crippen molar-refractivity contribution in [2.24, 2.45) is 0 Å². The minimum absolute atomic E-state index is 0.101. The van der Waals surface area contributed by atoms with Gasteiger partial charge in [0.25, 0.3) is 0 Å². The first kappa shape index (κ1) is 19.8. The van der Waals surface area contributed by atoms with Crippen LogP contribution in [-0.4, -0.2) is 0 Å². The summed E-state index contributed by atoms with van der Waals surface area (Å²) in [4.78, 5) is 0. The Kier molecular flexibility index (Phi) is 5.24. The van der Waals surface area contributed by atoms with Gasteiger partial charge in [-0.15, -0.1) is 0 Å². The van der Waals surface area contributed by atoms with Crippen molar-refractivity contribution in [3.8, 4) is 33.4 Å². The molecule has 5 rings (SSSR count). The molecule has 1 aliphatic rings. The highest BCUT2D eigenvalue weighted by Crippen LogP contribution is 2.55. The predicted octanol–water partition coefficient (Wildman–Crippen LogP) is 8.89. The Morgan fingerprint density at radius 2 is 0.903 bits per heavy atom. The van der Waals surface area contributed by atoms with E-state index in [-0.39, 0.29) is 5.41 Å². The summed E-state index contributed by atoms with van der Waals surface area (Å²) in [7, 11) is 0. The van der Waals surface area contributed by atoms with Crippen molar-refractivity contribution in [1.82, 2.24) is 0 Å². The lowest BCUT2D eigenvalue weighted by molar-refractivity contribution is 0.436. The molecule has 0 atom stereocenters. The first-order chi connectivity index (χ1) is 15.3. The lowest BCUT2D eigenvalue weighted by Gasteiger charge is -2.32. The van der Waals surface area contributed by atoms with E-state index in [1.165, 1.54) is 70.2 Å². The molecule has 0 fully saturated rings. The Morgan fingerprint density at radius 1 is 0.484 bits per heavy atom. The van der Waals surface area contributed by atoms with Crippen molar-refractivity contribution < 1.29 is 0 Å². The van der Waals surface area contributed by atoms with E-state index < -0.39 is 0 Å². The number of hydrogen-bond donors (Lipinski definition) is 0. The van der Waals surface area contributed by atoms with Crippen LogP contribution in [0.4, 0.5) is 0 Å². The summed E-state index contributed by atoms with van der Waals surface area (Å²) in [6.45, 7) is 4.66. The lowest BCUT2D eigenvalue weighted by atomic mass is 9.71. The van der Waals surface area contributed by atoms with Gasteiger partial charge in [0.15, 0.2) is 0 Å². The Morgan fingerprint density at radius 3 is 1.29 bits per heavy atom. The van der Waals surface area contributed by atoms with E-state index in [0.29, 0.717) is 0 Å². The summed E-state index contributed by atoms with van der Waals surface area (Å²) in [6.07, 6.45) is 4.75. The van der Waals surface area contributed by atoms with Gasteiger partial charge in [-0.25, -0.2) is 0 Å². The lowest BCUT2D eigenvalue weighted by Crippen LogP contribution is -2.25. The van der Waals surface area contributed by atoms with E-state index in [4.69, 9.17) is 0 Å². The third-order valence-corrected chi connectivity index (χ3v) is 6.93. The maximum absolute atomic E-state index is 2.48. The normalized spacial score (nSPS) is 13.6. The molecular weight excluding hydrogens is 372 g/mol. The maximum atomic E-state index is 2.48. The van der Waals surface area contributed by atoms with Gasteiger partial charge >= 0.3 is 0 Å². The molecule has 0 saturated heterocycles. The second-order valence-electron chi connectivity index (χ2n) is 8.83. The van der Waals surface area contributed by atoms with Crippen LogP contribution >= 0.6 is 0 Å². The Bertz CT molecular complexity index is 1090. The van der Waals surface area contributed by atoms with E-state index in [1.54, 1.807) is 0 Å². The van der Waals surface area contributed by atoms with Gasteiger partial charge in [-0.2, -0.15) is 0 Å². The molecule has 0 amide bonds. The zero-order valence-corrected chi connectivity index (χ0v) is 18.6. The fraction of sp³-hybridized carbons (Fsp3) is 0.226. The van der Waals surface area contributed by atoms with Crippen LogP contribution in [0.5, 0.6) is 0 Å². The Labute approximate surface area is 186 Å². The number of hydrogen-bond acceptors (Lipinski definition) is 0. The van der Waals surface area contributed by atoms with Gasteiger partial charge in [0.2, 0.25) is 0 Å². The monoisotopic (exact) mass is 402 g/mol. The van der Waals surface area contributed by atoms with Crippen LogP contribution in [0.3, 0.4) is 0 Å². The van der Waals surface area contributed by atoms with Crippen LogP contribution in [0.15, 0.2) is 97.1 Å². The van der Waals surface area contributed by atoms with Crippen LogP contribution in [0.2, 0.25) is 0 Å². The zero-order valence-electron chi connectivity index (χ0n) is 18.6. The average molecular weight is 403 g/mol. The summed E-state index contributed by atoms with van der Waals surface area (Å²) in [5.41, 5.74) is 11.3. The summed E-state index contributed by atoms with van der Waals surface area (Å²) in [5, 5.41) is 0. The third kappa shape index (κ3) is 3.31. The highest BCUT2D eigenvalue weighted by atomic mass is 14.4. The van der Waals surface area contributed by atoms with Gasteiger partial charge in [0.05, 0.1) is 0 Å². The average Bonchev–Trinajstić information content (AvgIpc) is 3.09. The van der Waals surface area contributed by atoms with Crippen LogP contribution in [0.25, 0.3) is 33.4 Å². The topological polar surface area (TPSA) is 0 Å². The minimum Gasteiger partial charge on any atom is -0.0653 e. The highest BCUT2D eigenvalue weighted by Gasteiger charge is 2.42. The molecule has 1 aliphatic carbocycles. The van der Waals surface area contributed by atoms with Crippen molar-refractivity contribution in [3.05, 3.63) is 108 Å². The molecule has 0 unspecified atom stereocenters. The number of benzene rings is 4. The predicted molar refractivity (Wildman–Crippen MR) is 133 cm³/mol. The van der Waals surface area contributed by atoms with E-state index in [0.717, 1.165) is 0 Å². The second kappa shape index (κ2) is 8.19. The van der Waals surface area contributed by atoms with Gasteiger partial charge in [-0.05, 0) is 69.5 Å². The molecule has 0 heterocycles. The fourth-order valence-electron chi connectivity index (χ4n) is 5.63. The molecule has 0 heteroatoms. The summed E-state index contributed by atoms with van der Waals surface area (Å²) in [6, 6.07) is 35.9. The second-order valence-corrected chi connectivity index (χ2v) is 8.83. The van der Waals surface area contributed by atoms with Gasteiger partial charge < -0.3 is 0 Å². The van der Waals surface area contributed by atoms with Gasteiger partial charge in [-0.1, -0.05) is 112 Å². The summed E-state index contributed by atoms with van der Waals surface area (Å²) >= 11 is 0. The quantitative estimate of drug-likeness (QED) is 0.302. The Hall–Kier alpha value is -3.12. The molecule has 0 nitrogen and oxygen atoms in total. The molecule has 0 aromatic heterocycles. The molecule has 4 aromatic rings. The van der Waals surface area contributed by atoms with Crippen LogP contribution in [0.1, 0.15) is 50.7 Å². The Balaban J connectivity index is 1.72. The van der Waals surface area contributed by atoms with Crippen LogP contribution in [-0.2, 0) is 5.41 Å². The summed E-state index contributed by atoms with van der Waals surface area (Å²) in [5.74, 6) is 0. The van der Waals surface area contributed by atoms with E-state index in [1.807, 2.05) is 0 Å². The van der Waals surface area contributed by atoms with E-state index in [9.17, 15) is 0 Å². The molecular formula is C31H30. The molecule has 0 spiro atoms. The van der Waals surface area contributed by atoms with Crippen molar-refractivity contribution in [2.45, 2.75) is 44.9 Å². The first-order valence-corrected chi connectivity index (χ1v) is 11.7. The molecule has 0 radical (unpaired) electrons. The smallest absolute Gasteiger partial charge is 0.0215 e. The van der Waals surface area contributed by atoms with Gasteiger partial charge in [0, 0.05) is 5.41 Å². The molecule has 4 aromatic carbocycles. The molecule has 0 saturated carbocycles. The SMILES string of the molecule is CCCC1(CCC)c2cc(-c3ccccc3)ccc2-c2ccc(-c3ccccc3)cc21.